The average molecular weight is 332 g/mol. The number of carbonyl (C=O) groups is 1. The molecule has 0 saturated carbocycles. The van der Waals surface area contributed by atoms with Gasteiger partial charge < -0.3 is 4.74 Å². The van der Waals surface area contributed by atoms with E-state index in [2.05, 4.69) is 11.8 Å². The summed E-state index contributed by atoms with van der Waals surface area (Å²) in [4.78, 5) is 11.4. The molecule has 2 nitrogen and oxygen atoms in total. The van der Waals surface area contributed by atoms with Gasteiger partial charge in [0.2, 0.25) is 5.78 Å². The van der Waals surface area contributed by atoms with E-state index in [0.717, 1.165) is 0 Å². The van der Waals surface area contributed by atoms with Crippen LogP contribution in [0.25, 0.3) is 0 Å². The van der Waals surface area contributed by atoms with Crippen molar-refractivity contribution in [3.63, 3.8) is 0 Å². The average Bonchev–Trinajstić information content (AvgIpc) is 2.58. The summed E-state index contributed by atoms with van der Waals surface area (Å²) in [6, 6.07) is 15.4. The summed E-state index contributed by atoms with van der Waals surface area (Å²) >= 11 is 0. The number of hydrogen-bond donors (Lipinski definition) is 0. The van der Waals surface area contributed by atoms with Gasteiger partial charge in [-0.3, -0.25) is 4.79 Å². The molecule has 0 aliphatic rings. The van der Waals surface area contributed by atoms with Crippen molar-refractivity contribution >= 4 is 5.78 Å². The second-order valence-corrected chi connectivity index (χ2v) is 5.09. The van der Waals surface area contributed by atoms with Crippen LogP contribution in [-0.2, 0) is 4.79 Å². The van der Waals surface area contributed by atoms with Crippen LogP contribution in [0.15, 0.2) is 54.6 Å². The molecule has 0 bridgehead atoms. The van der Waals surface area contributed by atoms with Crippen molar-refractivity contribution < 1.29 is 22.7 Å². The molecule has 24 heavy (non-hydrogen) atoms. The zero-order valence-electron chi connectivity index (χ0n) is 12.9. The molecule has 124 valence electrons. The van der Waals surface area contributed by atoms with E-state index < -0.39 is 24.3 Å². The molecule has 0 N–H and O–H groups in total. The summed E-state index contributed by atoms with van der Waals surface area (Å²) in [6.07, 6.45) is -5.57. The normalized spacial score (nSPS) is 12.0. The van der Waals surface area contributed by atoms with E-state index in [1.165, 1.54) is 7.11 Å². The third-order valence-electron chi connectivity index (χ3n) is 3.39. The second-order valence-electron chi connectivity index (χ2n) is 5.09. The number of methoxy groups -OCH3 is 1. The van der Waals surface area contributed by atoms with E-state index in [0.29, 0.717) is 16.9 Å². The highest BCUT2D eigenvalue weighted by Crippen LogP contribution is 2.27. The van der Waals surface area contributed by atoms with E-state index >= 15 is 0 Å². The fourth-order valence-electron chi connectivity index (χ4n) is 2.08. The standard InChI is InChI=1S/C19H15F3O2/c1-24-17-11-9-15(10-12-17)16(13-18(23)19(20,21)22)8-7-14-5-3-2-4-6-14/h2-6,9-12,16H,13H2,1H3/t16-/m1/s1. The van der Waals surface area contributed by atoms with E-state index in [4.69, 9.17) is 4.74 Å². The molecule has 0 radical (unpaired) electrons. The predicted molar refractivity (Wildman–Crippen MR) is 84.7 cm³/mol. The monoisotopic (exact) mass is 332 g/mol. The maximum atomic E-state index is 12.6. The van der Waals surface area contributed by atoms with Crippen molar-refractivity contribution in [3.8, 4) is 17.6 Å². The van der Waals surface area contributed by atoms with Crippen molar-refractivity contribution in [3.05, 3.63) is 65.7 Å². The van der Waals surface area contributed by atoms with Gasteiger partial charge in [0, 0.05) is 12.0 Å². The summed E-state index contributed by atoms with van der Waals surface area (Å²) in [5.74, 6) is 3.56. The van der Waals surface area contributed by atoms with E-state index in [1.54, 1.807) is 48.5 Å². The Morgan fingerprint density at radius 2 is 1.71 bits per heavy atom. The SMILES string of the molecule is COc1ccc([C@H](C#Cc2ccccc2)CC(=O)C(F)(F)F)cc1. The van der Waals surface area contributed by atoms with Crippen LogP contribution in [0, 0.1) is 11.8 Å². The lowest BCUT2D eigenvalue weighted by atomic mass is 9.93. The van der Waals surface area contributed by atoms with Gasteiger partial charge in [-0.2, -0.15) is 13.2 Å². The van der Waals surface area contributed by atoms with Crippen LogP contribution < -0.4 is 4.74 Å². The zero-order chi connectivity index (χ0) is 17.6. The van der Waals surface area contributed by atoms with Gasteiger partial charge in [0.15, 0.2) is 0 Å². The second kappa shape index (κ2) is 7.69. The molecular formula is C19H15F3O2. The van der Waals surface area contributed by atoms with Crippen molar-refractivity contribution in [2.75, 3.05) is 7.11 Å². The van der Waals surface area contributed by atoms with Crippen LogP contribution in [0.3, 0.4) is 0 Å². The fourth-order valence-corrected chi connectivity index (χ4v) is 2.08. The highest BCUT2D eigenvalue weighted by atomic mass is 19.4. The lowest BCUT2D eigenvalue weighted by Crippen LogP contribution is -2.24. The third kappa shape index (κ3) is 4.88. The first-order chi connectivity index (χ1) is 11.4. The Bertz CT molecular complexity index is 738. The molecule has 0 saturated heterocycles. The Balaban J connectivity index is 2.30. The molecule has 0 aliphatic heterocycles. The molecule has 0 aliphatic carbocycles. The van der Waals surface area contributed by atoms with Crippen LogP contribution >= 0.6 is 0 Å². The lowest BCUT2D eigenvalue weighted by molar-refractivity contribution is -0.171. The molecular weight excluding hydrogens is 317 g/mol. The van der Waals surface area contributed by atoms with Crippen molar-refractivity contribution in [2.45, 2.75) is 18.5 Å². The Hall–Kier alpha value is -2.74. The van der Waals surface area contributed by atoms with Crippen LogP contribution in [0.5, 0.6) is 5.75 Å². The summed E-state index contributed by atoms with van der Waals surface area (Å²) in [5, 5.41) is 0. The number of carbonyl (C=O) groups excluding carboxylic acids is 1. The van der Waals surface area contributed by atoms with Gasteiger partial charge in [-0.15, -0.1) is 0 Å². The minimum absolute atomic E-state index is 0.539. The van der Waals surface area contributed by atoms with Gasteiger partial charge in [-0.05, 0) is 29.8 Å². The fraction of sp³-hybridized carbons (Fsp3) is 0.211. The summed E-state index contributed by atoms with van der Waals surface area (Å²) in [5.41, 5.74) is 1.22. The van der Waals surface area contributed by atoms with Gasteiger partial charge >= 0.3 is 6.18 Å². The molecule has 2 aromatic carbocycles. The van der Waals surface area contributed by atoms with Crippen molar-refractivity contribution in [1.82, 2.24) is 0 Å². The topological polar surface area (TPSA) is 26.3 Å². The molecule has 0 aromatic heterocycles. The molecule has 0 spiro atoms. The number of alkyl halides is 3. The molecule has 2 aromatic rings. The smallest absolute Gasteiger partial charge is 0.450 e. The van der Waals surface area contributed by atoms with Gasteiger partial charge in [0.1, 0.15) is 5.75 Å². The van der Waals surface area contributed by atoms with Crippen LogP contribution in [0.4, 0.5) is 13.2 Å². The molecule has 0 fully saturated rings. The van der Waals surface area contributed by atoms with Crippen molar-refractivity contribution in [1.29, 1.82) is 0 Å². The van der Waals surface area contributed by atoms with Crippen molar-refractivity contribution in [2.24, 2.45) is 0 Å². The Kier molecular flexibility index (Phi) is 5.64. The largest absolute Gasteiger partial charge is 0.497 e. The number of rotatable bonds is 4. The first-order valence-electron chi connectivity index (χ1n) is 7.20. The molecule has 5 heteroatoms. The first-order valence-corrected chi connectivity index (χ1v) is 7.20. The minimum atomic E-state index is -4.86. The van der Waals surface area contributed by atoms with Gasteiger partial charge in [-0.25, -0.2) is 0 Å². The molecule has 1 atom stereocenters. The lowest BCUT2D eigenvalue weighted by Gasteiger charge is -2.12. The number of ketones is 1. The zero-order valence-corrected chi connectivity index (χ0v) is 12.9. The summed E-state index contributed by atoms with van der Waals surface area (Å²) < 4.78 is 42.8. The predicted octanol–water partition coefficient (Wildman–Crippen LogP) is 4.35. The minimum Gasteiger partial charge on any atom is -0.497 e. The number of hydrogen-bond acceptors (Lipinski definition) is 2. The summed E-state index contributed by atoms with van der Waals surface area (Å²) in [6.45, 7) is 0. The van der Waals surface area contributed by atoms with E-state index in [-0.39, 0.29) is 0 Å². The third-order valence-corrected chi connectivity index (χ3v) is 3.39. The van der Waals surface area contributed by atoms with E-state index in [1.807, 2.05) is 6.07 Å². The molecule has 0 amide bonds. The Morgan fingerprint density at radius 3 is 2.25 bits per heavy atom. The van der Waals surface area contributed by atoms with Gasteiger partial charge in [0.25, 0.3) is 0 Å². The first kappa shape index (κ1) is 17.6. The highest BCUT2D eigenvalue weighted by molar-refractivity contribution is 5.85. The number of halogens is 3. The summed E-state index contributed by atoms with van der Waals surface area (Å²) in [7, 11) is 1.49. The van der Waals surface area contributed by atoms with Crippen LogP contribution in [0.2, 0.25) is 0 Å². The molecule has 0 heterocycles. The molecule has 0 unspecified atom stereocenters. The quantitative estimate of drug-likeness (QED) is 0.778. The van der Waals surface area contributed by atoms with Gasteiger partial charge in [-0.1, -0.05) is 42.2 Å². The maximum Gasteiger partial charge on any atom is 0.450 e. The van der Waals surface area contributed by atoms with Gasteiger partial charge in [0.05, 0.1) is 13.0 Å². The van der Waals surface area contributed by atoms with Crippen LogP contribution in [-0.4, -0.2) is 19.1 Å². The number of benzene rings is 2. The molecule has 2 rings (SSSR count). The van der Waals surface area contributed by atoms with E-state index in [9.17, 15) is 18.0 Å². The number of ether oxygens (including phenoxy) is 1. The Morgan fingerprint density at radius 1 is 1.08 bits per heavy atom. The maximum absolute atomic E-state index is 12.6. The highest BCUT2D eigenvalue weighted by Gasteiger charge is 2.39. The Labute approximate surface area is 138 Å². The number of Topliss-reactive ketones (excluding diaryl/α,β-unsaturated/α-hetero) is 1. The van der Waals surface area contributed by atoms with Crippen LogP contribution in [0.1, 0.15) is 23.5 Å².